The number of ketones is 3. The average Bonchev–Trinajstić information content (AvgIpc) is 2.95. The highest BCUT2D eigenvalue weighted by Crippen LogP contribution is 2.68. The molecule has 0 spiro atoms. The van der Waals surface area contributed by atoms with Crippen LogP contribution in [0.3, 0.4) is 0 Å². The van der Waals surface area contributed by atoms with Gasteiger partial charge in [-0.15, -0.1) is 0 Å². The van der Waals surface area contributed by atoms with E-state index in [0.29, 0.717) is 12.8 Å². The maximum atomic E-state index is 13.9. The number of nitrogens with two attached hydrogens (primary N) is 2. The Morgan fingerprint density at radius 1 is 1.06 bits per heavy atom. The summed E-state index contributed by atoms with van der Waals surface area (Å²) in [5.41, 5.74) is 8.81. The van der Waals surface area contributed by atoms with Crippen molar-refractivity contribution in [2.24, 2.45) is 28.2 Å². The molecule has 0 saturated heterocycles. The molecule has 0 aromatic rings. The van der Waals surface area contributed by atoms with Crippen LogP contribution in [-0.2, 0) is 33.4 Å². The highest BCUT2D eigenvalue weighted by molar-refractivity contribution is 6.02. The SMILES string of the molecule is CC(=O)OCC(=O)[C@@]1(OC(C)=O)CC[C@]2(N)[C@]1(C)CC(=O)[C@@H]1[C@@]3(C)C=CC(=O)C=C3CC[C@]12N. The monoisotopic (exact) mass is 472 g/mol. The summed E-state index contributed by atoms with van der Waals surface area (Å²) in [6.45, 7) is 5.35. The largest absolute Gasteiger partial charge is 0.458 e. The number of allylic oxidation sites excluding steroid dienone is 4. The summed E-state index contributed by atoms with van der Waals surface area (Å²) in [7, 11) is 0. The molecular formula is C25H32N2O7. The van der Waals surface area contributed by atoms with Crippen LogP contribution in [0.15, 0.2) is 23.8 Å². The Hall–Kier alpha value is -2.65. The molecule has 0 bridgehead atoms. The summed E-state index contributed by atoms with van der Waals surface area (Å²) in [6.07, 6.45) is 5.75. The van der Waals surface area contributed by atoms with E-state index in [1.54, 1.807) is 19.1 Å². The minimum absolute atomic E-state index is 0.0619. The molecule has 3 fully saturated rings. The summed E-state index contributed by atoms with van der Waals surface area (Å²) in [6, 6.07) is 0. The normalized spacial score (nSPS) is 42.8. The summed E-state index contributed by atoms with van der Waals surface area (Å²) < 4.78 is 10.7. The maximum absolute atomic E-state index is 13.9. The molecule has 184 valence electrons. The van der Waals surface area contributed by atoms with Crippen molar-refractivity contribution in [3.05, 3.63) is 23.8 Å². The van der Waals surface area contributed by atoms with Crippen molar-refractivity contribution >= 4 is 29.3 Å². The van der Waals surface area contributed by atoms with E-state index in [1.807, 2.05) is 6.92 Å². The smallest absolute Gasteiger partial charge is 0.303 e. The van der Waals surface area contributed by atoms with Gasteiger partial charge in [0.25, 0.3) is 0 Å². The van der Waals surface area contributed by atoms with Crippen LogP contribution < -0.4 is 11.5 Å². The van der Waals surface area contributed by atoms with Crippen LogP contribution in [0.25, 0.3) is 0 Å². The predicted octanol–water partition coefficient (Wildman–Crippen LogP) is 1.07. The van der Waals surface area contributed by atoms with Crippen LogP contribution in [0.2, 0.25) is 0 Å². The third-order valence-electron chi connectivity index (χ3n) is 9.13. The van der Waals surface area contributed by atoms with Gasteiger partial charge < -0.3 is 20.9 Å². The van der Waals surface area contributed by atoms with Gasteiger partial charge in [-0.3, -0.25) is 24.0 Å². The van der Waals surface area contributed by atoms with E-state index < -0.39 is 57.8 Å². The van der Waals surface area contributed by atoms with E-state index >= 15 is 0 Å². The summed E-state index contributed by atoms with van der Waals surface area (Å²) in [5.74, 6) is -3.00. The molecule has 3 saturated carbocycles. The lowest BCUT2D eigenvalue weighted by Crippen LogP contribution is -2.83. The zero-order valence-electron chi connectivity index (χ0n) is 20.1. The number of Topliss-reactive ketones (excluding diaryl/α,β-unsaturated/α-hetero) is 2. The molecular weight excluding hydrogens is 440 g/mol. The maximum Gasteiger partial charge on any atom is 0.303 e. The highest BCUT2D eigenvalue weighted by Gasteiger charge is 2.79. The Labute approximate surface area is 198 Å². The van der Waals surface area contributed by atoms with E-state index in [4.69, 9.17) is 20.9 Å². The fraction of sp³-hybridized carbons (Fsp3) is 0.640. The number of carbonyl (C=O) groups is 5. The van der Waals surface area contributed by atoms with Crippen LogP contribution in [0.5, 0.6) is 0 Å². The number of fused-ring (bicyclic) bond motifs is 5. The molecule has 6 atom stereocenters. The summed E-state index contributed by atoms with van der Waals surface area (Å²) in [5, 5.41) is 0. The van der Waals surface area contributed by atoms with Gasteiger partial charge in [0.1, 0.15) is 5.78 Å². The number of esters is 2. The Morgan fingerprint density at radius 2 is 1.74 bits per heavy atom. The minimum Gasteiger partial charge on any atom is -0.458 e. The third-order valence-corrected chi connectivity index (χ3v) is 9.13. The Kier molecular flexibility index (Phi) is 5.34. The first-order valence-corrected chi connectivity index (χ1v) is 11.6. The quantitative estimate of drug-likeness (QED) is 0.571. The molecule has 0 aromatic carbocycles. The van der Waals surface area contributed by atoms with Crippen molar-refractivity contribution in [2.75, 3.05) is 6.61 Å². The molecule has 9 nitrogen and oxygen atoms in total. The third kappa shape index (κ3) is 2.89. The van der Waals surface area contributed by atoms with Crippen LogP contribution in [-0.4, -0.2) is 52.6 Å². The van der Waals surface area contributed by atoms with Gasteiger partial charge in [-0.1, -0.05) is 25.5 Å². The van der Waals surface area contributed by atoms with Gasteiger partial charge in [-0.05, 0) is 37.8 Å². The van der Waals surface area contributed by atoms with Crippen molar-refractivity contribution in [3.63, 3.8) is 0 Å². The van der Waals surface area contributed by atoms with Gasteiger partial charge in [-0.25, -0.2) is 0 Å². The first-order valence-electron chi connectivity index (χ1n) is 11.6. The number of hydrogen-bond acceptors (Lipinski definition) is 9. The van der Waals surface area contributed by atoms with Crippen LogP contribution in [0, 0.1) is 16.7 Å². The van der Waals surface area contributed by atoms with Gasteiger partial charge in [0, 0.05) is 42.2 Å². The van der Waals surface area contributed by atoms with Crippen molar-refractivity contribution in [3.8, 4) is 0 Å². The van der Waals surface area contributed by atoms with Crippen molar-refractivity contribution in [1.29, 1.82) is 0 Å². The van der Waals surface area contributed by atoms with Crippen molar-refractivity contribution in [1.82, 2.24) is 0 Å². The van der Waals surface area contributed by atoms with E-state index in [2.05, 4.69) is 0 Å². The molecule has 9 heteroatoms. The van der Waals surface area contributed by atoms with E-state index in [1.165, 1.54) is 19.9 Å². The Bertz CT molecular complexity index is 1080. The summed E-state index contributed by atoms with van der Waals surface area (Å²) in [4.78, 5) is 63.0. The lowest BCUT2D eigenvalue weighted by molar-refractivity contribution is -0.194. The average molecular weight is 473 g/mol. The van der Waals surface area contributed by atoms with Gasteiger partial charge in [0.15, 0.2) is 18.0 Å². The van der Waals surface area contributed by atoms with Crippen molar-refractivity contribution in [2.45, 2.75) is 76.5 Å². The molecule has 0 heterocycles. The molecule has 4 aliphatic rings. The Balaban J connectivity index is 1.85. The molecule has 0 aliphatic heterocycles. The van der Waals surface area contributed by atoms with E-state index in [-0.39, 0.29) is 30.8 Å². The van der Waals surface area contributed by atoms with Crippen LogP contribution in [0.4, 0.5) is 0 Å². The first-order chi connectivity index (χ1) is 15.7. The number of rotatable bonds is 4. The zero-order chi connectivity index (χ0) is 25.3. The highest BCUT2D eigenvalue weighted by atomic mass is 16.6. The summed E-state index contributed by atoms with van der Waals surface area (Å²) >= 11 is 0. The Morgan fingerprint density at radius 3 is 2.35 bits per heavy atom. The number of hydrogen-bond donors (Lipinski definition) is 2. The van der Waals surface area contributed by atoms with E-state index in [0.717, 1.165) is 5.57 Å². The fourth-order valence-electron chi connectivity index (χ4n) is 7.46. The molecule has 0 radical (unpaired) electrons. The van der Waals surface area contributed by atoms with Gasteiger partial charge in [0.05, 0.1) is 5.92 Å². The van der Waals surface area contributed by atoms with Gasteiger partial charge in [0.2, 0.25) is 5.78 Å². The number of carbonyl (C=O) groups excluding carboxylic acids is 5. The molecule has 0 aromatic heterocycles. The molecule has 4 rings (SSSR count). The molecule has 0 unspecified atom stereocenters. The van der Waals surface area contributed by atoms with Crippen LogP contribution in [0.1, 0.15) is 59.8 Å². The first kappa shape index (κ1) is 24.5. The standard InChI is InChI=1S/C25H32N2O7/c1-14(28)33-13-19(32)24(34-15(2)29)9-10-25(27)22(24,4)12-18(31)20-21(3)7-6-17(30)11-16(21)5-8-23(20,25)26/h6-7,11,20H,5,8-10,12-13,26-27H2,1-4H3/t20-,21+,22-,23+,24+,25+/m1/s1. The van der Waals surface area contributed by atoms with E-state index in [9.17, 15) is 24.0 Å². The fourth-order valence-corrected chi connectivity index (χ4v) is 7.46. The second-order valence-electron chi connectivity index (χ2n) is 10.7. The second kappa shape index (κ2) is 7.42. The molecule has 4 aliphatic carbocycles. The number of ether oxygens (including phenoxy) is 2. The molecule has 34 heavy (non-hydrogen) atoms. The molecule has 4 N–H and O–H groups in total. The predicted molar refractivity (Wildman–Crippen MR) is 120 cm³/mol. The van der Waals surface area contributed by atoms with Crippen LogP contribution >= 0.6 is 0 Å². The lowest BCUT2D eigenvalue weighted by Gasteiger charge is -2.66. The van der Waals surface area contributed by atoms with Gasteiger partial charge in [-0.2, -0.15) is 0 Å². The lowest BCUT2D eigenvalue weighted by atomic mass is 9.41. The van der Waals surface area contributed by atoms with Crippen molar-refractivity contribution < 1.29 is 33.4 Å². The van der Waals surface area contributed by atoms with Gasteiger partial charge >= 0.3 is 11.9 Å². The molecule has 0 amide bonds. The topological polar surface area (TPSA) is 156 Å². The minimum atomic E-state index is -1.76. The zero-order valence-corrected chi connectivity index (χ0v) is 20.1. The second-order valence-corrected chi connectivity index (χ2v) is 10.7.